The van der Waals surface area contributed by atoms with Crippen LogP contribution in [0.25, 0.3) is 5.69 Å². The summed E-state index contributed by atoms with van der Waals surface area (Å²) in [7, 11) is 1.38. The first kappa shape index (κ1) is 20.5. The molecule has 2 fully saturated rings. The summed E-state index contributed by atoms with van der Waals surface area (Å²) in [6, 6.07) is 12.4. The molecule has 7 nitrogen and oxygen atoms in total. The van der Waals surface area contributed by atoms with E-state index in [4.69, 9.17) is 16.3 Å². The van der Waals surface area contributed by atoms with Crippen molar-refractivity contribution in [3.63, 3.8) is 0 Å². The Morgan fingerprint density at radius 2 is 1.88 bits per heavy atom. The highest BCUT2D eigenvalue weighted by atomic mass is 35.5. The third-order valence-electron chi connectivity index (χ3n) is 7.13. The van der Waals surface area contributed by atoms with Gasteiger partial charge < -0.3 is 9.64 Å². The number of anilines is 1. The molecule has 3 aliphatic rings. The molecule has 0 unspecified atom stereocenters. The SMILES string of the molecule is COC(=O)N1Cc2cc(Cl)ccc2-n2c(nnc2C2CC3(C2)CN(c2ccc(F)cc2)C3)C1. The third kappa shape index (κ3) is 3.35. The lowest BCUT2D eigenvalue weighted by Gasteiger charge is -2.59. The number of carbonyl (C=O) groups is 1. The third-order valence-corrected chi connectivity index (χ3v) is 7.37. The van der Waals surface area contributed by atoms with Gasteiger partial charge in [-0.2, -0.15) is 0 Å². The Morgan fingerprint density at radius 1 is 1.12 bits per heavy atom. The van der Waals surface area contributed by atoms with Crippen molar-refractivity contribution in [1.82, 2.24) is 19.7 Å². The van der Waals surface area contributed by atoms with Crippen molar-refractivity contribution in [2.24, 2.45) is 5.41 Å². The highest BCUT2D eigenvalue weighted by Crippen LogP contribution is 2.56. The van der Waals surface area contributed by atoms with Crippen LogP contribution in [0.3, 0.4) is 0 Å². The van der Waals surface area contributed by atoms with Gasteiger partial charge in [0.2, 0.25) is 0 Å². The largest absolute Gasteiger partial charge is 0.453 e. The quantitative estimate of drug-likeness (QED) is 0.554. The van der Waals surface area contributed by atoms with E-state index in [2.05, 4.69) is 19.7 Å². The maximum Gasteiger partial charge on any atom is 0.410 e. The Kier molecular flexibility index (Phi) is 4.62. The average molecular weight is 468 g/mol. The minimum atomic E-state index is -0.406. The van der Waals surface area contributed by atoms with Crippen molar-refractivity contribution >= 4 is 23.4 Å². The highest BCUT2D eigenvalue weighted by molar-refractivity contribution is 6.30. The molecule has 9 heteroatoms. The Bertz CT molecular complexity index is 1230. The second-order valence-corrected chi connectivity index (χ2v) is 9.78. The highest BCUT2D eigenvalue weighted by Gasteiger charge is 2.54. The Balaban J connectivity index is 1.25. The van der Waals surface area contributed by atoms with Crippen molar-refractivity contribution in [1.29, 1.82) is 0 Å². The van der Waals surface area contributed by atoms with Crippen LogP contribution in [0.5, 0.6) is 0 Å². The lowest BCUT2D eigenvalue weighted by atomic mass is 9.57. The number of hydrogen-bond acceptors (Lipinski definition) is 5. The predicted octanol–water partition coefficient (Wildman–Crippen LogP) is 4.53. The topological polar surface area (TPSA) is 63.5 Å². The standard InChI is InChI=1S/C24H23ClFN5O2/c1-33-23(32)29-11-15-8-17(25)2-7-20(15)31-21(12-29)27-28-22(31)16-9-24(10-16)13-30(14-24)19-5-3-18(26)4-6-19/h2-8,16H,9-14H2,1H3. The first-order valence-electron chi connectivity index (χ1n) is 11.0. The van der Waals surface area contributed by atoms with Crippen LogP contribution in [0.1, 0.15) is 36.0 Å². The minimum Gasteiger partial charge on any atom is -0.453 e. The molecule has 1 aromatic heterocycles. The van der Waals surface area contributed by atoms with Crippen LogP contribution in [-0.2, 0) is 17.8 Å². The van der Waals surface area contributed by atoms with Gasteiger partial charge in [0.05, 0.1) is 25.9 Å². The van der Waals surface area contributed by atoms with Crippen LogP contribution in [0, 0.1) is 11.2 Å². The van der Waals surface area contributed by atoms with Gasteiger partial charge in [0.25, 0.3) is 0 Å². The maximum absolute atomic E-state index is 13.2. The summed E-state index contributed by atoms with van der Waals surface area (Å²) in [4.78, 5) is 16.2. The van der Waals surface area contributed by atoms with Crippen molar-refractivity contribution in [2.45, 2.75) is 31.8 Å². The number of amides is 1. The number of rotatable bonds is 2. The van der Waals surface area contributed by atoms with E-state index in [9.17, 15) is 9.18 Å². The van der Waals surface area contributed by atoms with E-state index in [1.54, 1.807) is 4.90 Å². The van der Waals surface area contributed by atoms with Crippen LogP contribution < -0.4 is 4.90 Å². The van der Waals surface area contributed by atoms with Gasteiger partial charge in [0.15, 0.2) is 5.82 Å². The Labute approximate surface area is 195 Å². The molecule has 0 radical (unpaired) electrons. The van der Waals surface area contributed by atoms with Gasteiger partial charge in [-0.15, -0.1) is 10.2 Å². The summed E-state index contributed by atoms with van der Waals surface area (Å²) in [5.74, 6) is 1.75. The zero-order valence-corrected chi connectivity index (χ0v) is 18.9. The second-order valence-electron chi connectivity index (χ2n) is 9.35. The number of benzene rings is 2. The Hall–Kier alpha value is -3.13. The number of methoxy groups -OCH3 is 1. The fourth-order valence-corrected chi connectivity index (χ4v) is 5.77. The number of aromatic nitrogens is 3. The summed E-state index contributed by atoms with van der Waals surface area (Å²) < 4.78 is 20.3. The molecule has 1 saturated carbocycles. The molecule has 2 aromatic carbocycles. The summed E-state index contributed by atoms with van der Waals surface area (Å²) in [5, 5.41) is 9.63. The van der Waals surface area contributed by atoms with Gasteiger partial charge in [-0.3, -0.25) is 9.47 Å². The van der Waals surface area contributed by atoms with Crippen LogP contribution in [0.15, 0.2) is 42.5 Å². The van der Waals surface area contributed by atoms with Crippen molar-refractivity contribution < 1.29 is 13.9 Å². The van der Waals surface area contributed by atoms with E-state index >= 15 is 0 Å². The van der Waals surface area contributed by atoms with E-state index in [0.717, 1.165) is 54.5 Å². The number of nitrogens with zero attached hydrogens (tertiary/aromatic N) is 5. The molecule has 170 valence electrons. The minimum absolute atomic E-state index is 0.211. The van der Waals surface area contributed by atoms with Crippen molar-refractivity contribution in [3.8, 4) is 5.69 Å². The fourth-order valence-electron chi connectivity index (χ4n) is 5.57. The molecule has 3 heterocycles. The number of ether oxygens (including phenoxy) is 1. The lowest BCUT2D eigenvalue weighted by Crippen LogP contribution is -2.62. The zero-order valence-electron chi connectivity index (χ0n) is 18.2. The molecule has 2 aliphatic heterocycles. The van der Waals surface area contributed by atoms with Crippen molar-refractivity contribution in [2.75, 3.05) is 25.1 Å². The van der Waals surface area contributed by atoms with E-state index in [-0.39, 0.29) is 11.2 Å². The zero-order chi connectivity index (χ0) is 22.7. The summed E-state index contributed by atoms with van der Waals surface area (Å²) in [6.07, 6.45) is 1.66. The Morgan fingerprint density at radius 3 is 2.61 bits per heavy atom. The van der Waals surface area contributed by atoms with Gasteiger partial charge >= 0.3 is 6.09 Å². The van der Waals surface area contributed by atoms with Gasteiger partial charge in [0.1, 0.15) is 11.6 Å². The first-order valence-corrected chi connectivity index (χ1v) is 11.4. The molecule has 1 spiro atoms. The maximum atomic E-state index is 13.2. The molecular formula is C24H23ClFN5O2. The van der Waals surface area contributed by atoms with Crippen molar-refractivity contribution in [3.05, 3.63) is 70.5 Å². The summed E-state index contributed by atoms with van der Waals surface area (Å²) in [5.41, 5.74) is 3.24. The smallest absolute Gasteiger partial charge is 0.410 e. The van der Waals surface area contributed by atoms with Crippen LogP contribution in [-0.4, -0.2) is 46.0 Å². The lowest BCUT2D eigenvalue weighted by molar-refractivity contribution is 0.0588. The van der Waals surface area contributed by atoms with Gasteiger partial charge in [-0.25, -0.2) is 9.18 Å². The van der Waals surface area contributed by atoms with Gasteiger partial charge in [0, 0.05) is 35.1 Å². The number of carbonyl (C=O) groups excluding carboxylic acids is 1. The average Bonchev–Trinajstić information content (AvgIpc) is 3.07. The molecule has 33 heavy (non-hydrogen) atoms. The van der Waals surface area contributed by atoms with Gasteiger partial charge in [-0.05, 0) is 60.9 Å². The molecule has 1 aliphatic carbocycles. The van der Waals surface area contributed by atoms with E-state index < -0.39 is 6.09 Å². The molecule has 0 atom stereocenters. The molecule has 0 N–H and O–H groups in total. The molecule has 6 rings (SSSR count). The number of halogens is 2. The number of hydrogen-bond donors (Lipinski definition) is 0. The van der Waals surface area contributed by atoms with Crippen LogP contribution >= 0.6 is 11.6 Å². The van der Waals surface area contributed by atoms with Crippen LogP contribution in [0.4, 0.5) is 14.9 Å². The monoisotopic (exact) mass is 467 g/mol. The normalized spacial score (nSPS) is 18.8. The van der Waals surface area contributed by atoms with E-state index in [1.807, 2.05) is 30.3 Å². The molecule has 1 saturated heterocycles. The first-order chi connectivity index (χ1) is 15.9. The summed E-state index contributed by atoms with van der Waals surface area (Å²) in [6.45, 7) is 2.66. The summed E-state index contributed by atoms with van der Waals surface area (Å²) >= 11 is 6.27. The molecule has 0 bridgehead atoms. The number of fused-ring (bicyclic) bond motifs is 3. The predicted molar refractivity (Wildman–Crippen MR) is 121 cm³/mol. The van der Waals surface area contributed by atoms with E-state index in [1.165, 1.54) is 19.2 Å². The molecule has 3 aromatic rings. The molecule has 1 amide bonds. The van der Waals surface area contributed by atoms with Crippen LogP contribution in [0.2, 0.25) is 5.02 Å². The van der Waals surface area contributed by atoms with Gasteiger partial charge in [-0.1, -0.05) is 11.6 Å². The fraction of sp³-hybridized carbons (Fsp3) is 0.375. The van der Waals surface area contributed by atoms with E-state index in [0.29, 0.717) is 24.0 Å². The second kappa shape index (κ2) is 7.45. The molecular weight excluding hydrogens is 445 g/mol.